The largest absolute Gasteiger partial charge is 0.507 e. The SMILES string of the molecule is C=CC(=O)N1CCN(c2nc(=O)n(-c3ccccc3CCC)c3cc(-c4c(O)cc(OCCOCCOCCNC(=O)CN5CCN(CC(=O)O)CCN(CC(=O)O)CCN(CC(=O)O)CC5)cc4F)c(Cl)cc23)[C@@H](C)C1. The second-order valence-electron chi connectivity index (χ2n) is 18.8. The van der Waals surface area contributed by atoms with E-state index in [1.807, 2.05) is 47.9 Å². The molecule has 418 valence electrons. The molecular weight excluding hydrogens is 1030 g/mol. The zero-order valence-electron chi connectivity index (χ0n) is 43.5. The van der Waals surface area contributed by atoms with Crippen LogP contribution < -0.4 is 20.6 Å². The van der Waals surface area contributed by atoms with Crippen LogP contribution in [0.25, 0.3) is 27.7 Å². The maximum atomic E-state index is 16.2. The highest BCUT2D eigenvalue weighted by Gasteiger charge is 2.30. The number of phenols is 1. The summed E-state index contributed by atoms with van der Waals surface area (Å²) in [6.45, 7) is 10.9. The third-order valence-corrected chi connectivity index (χ3v) is 13.5. The molecule has 2 saturated heterocycles. The van der Waals surface area contributed by atoms with Crippen molar-refractivity contribution in [3.8, 4) is 28.3 Å². The van der Waals surface area contributed by atoms with Gasteiger partial charge in [-0.3, -0.25) is 48.1 Å². The molecule has 1 atom stereocenters. The lowest BCUT2D eigenvalue weighted by Crippen LogP contribution is -2.54. The first-order chi connectivity index (χ1) is 37.0. The Balaban J connectivity index is 1.02. The van der Waals surface area contributed by atoms with E-state index in [1.165, 1.54) is 16.7 Å². The van der Waals surface area contributed by atoms with Gasteiger partial charge >= 0.3 is 23.6 Å². The molecule has 5 N–H and O–H groups in total. The Morgan fingerprint density at radius 2 is 1.36 bits per heavy atom. The van der Waals surface area contributed by atoms with Gasteiger partial charge in [0.1, 0.15) is 29.7 Å². The molecule has 1 aromatic heterocycles. The van der Waals surface area contributed by atoms with Gasteiger partial charge < -0.3 is 49.8 Å². The van der Waals surface area contributed by atoms with Gasteiger partial charge in [0, 0.05) is 113 Å². The summed E-state index contributed by atoms with van der Waals surface area (Å²) < 4.78 is 34.6. The highest BCUT2D eigenvalue weighted by Crippen LogP contribution is 2.42. The molecule has 2 aliphatic heterocycles. The highest BCUT2D eigenvalue weighted by molar-refractivity contribution is 6.34. The predicted molar refractivity (Wildman–Crippen MR) is 286 cm³/mol. The Bertz CT molecular complexity index is 2730. The van der Waals surface area contributed by atoms with Crippen LogP contribution >= 0.6 is 11.6 Å². The van der Waals surface area contributed by atoms with Crippen molar-refractivity contribution in [2.24, 2.45) is 0 Å². The van der Waals surface area contributed by atoms with E-state index in [-0.39, 0.29) is 145 Å². The molecule has 24 heteroatoms. The van der Waals surface area contributed by atoms with Crippen LogP contribution in [-0.4, -0.2) is 228 Å². The number of hydrogen-bond acceptors (Lipinski definition) is 16. The van der Waals surface area contributed by atoms with Crippen molar-refractivity contribution in [1.29, 1.82) is 0 Å². The number of halogens is 2. The Hall–Kier alpha value is -6.73. The molecular formula is C53H69ClFN9O13. The number of rotatable bonds is 24. The van der Waals surface area contributed by atoms with Gasteiger partial charge in [-0.05, 0) is 43.2 Å². The number of phenolic OH excluding ortho intramolecular Hbond substituents is 1. The van der Waals surface area contributed by atoms with Crippen LogP contribution in [0, 0.1) is 5.82 Å². The minimum Gasteiger partial charge on any atom is -0.507 e. The first kappa shape index (κ1) is 59.5. The smallest absolute Gasteiger partial charge is 0.354 e. The first-order valence-corrected chi connectivity index (χ1v) is 26.0. The van der Waals surface area contributed by atoms with Crippen molar-refractivity contribution in [1.82, 2.24) is 39.4 Å². The van der Waals surface area contributed by atoms with E-state index in [0.29, 0.717) is 61.6 Å². The lowest BCUT2D eigenvalue weighted by atomic mass is 10.0. The highest BCUT2D eigenvalue weighted by atomic mass is 35.5. The maximum absolute atomic E-state index is 16.2. The van der Waals surface area contributed by atoms with E-state index in [0.717, 1.165) is 18.1 Å². The number of nitrogens with zero attached hydrogens (tertiary/aromatic N) is 8. The number of aryl methyl sites for hydroxylation is 1. The number of piperazine rings is 1. The Morgan fingerprint density at radius 3 is 1.92 bits per heavy atom. The summed E-state index contributed by atoms with van der Waals surface area (Å²) in [6, 6.07) is 12.8. The second kappa shape index (κ2) is 29.1. The topological polar surface area (TPSA) is 260 Å². The molecule has 6 rings (SSSR count). The van der Waals surface area contributed by atoms with Crippen molar-refractivity contribution in [2.45, 2.75) is 32.7 Å². The number of hydrogen-bond donors (Lipinski definition) is 5. The number of para-hydroxylation sites is 1. The summed E-state index contributed by atoms with van der Waals surface area (Å²) in [4.78, 5) is 89.4. The van der Waals surface area contributed by atoms with Crippen LogP contribution in [0.2, 0.25) is 5.02 Å². The summed E-state index contributed by atoms with van der Waals surface area (Å²) in [5.41, 5.74) is 1.26. The Labute approximate surface area is 450 Å². The summed E-state index contributed by atoms with van der Waals surface area (Å²) in [5, 5.41) is 43.1. The standard InChI is InChI=1S/C53H69ClFN9O13/c1-4-8-37-9-6-7-10-43(37)64-44-30-39(41(54)29-40(44)52(57-53(64)74)63-21-20-62(31-36(63)3)47(67)5-2)51-42(55)27-38(28-45(51)65)77-26-25-76-24-23-75-22-11-56-46(66)32-58-12-14-59(33-48(68)69)16-18-61(35-50(72)73)19-17-60(15-13-58)34-49(70)71/h5-7,9-10,27-30,36,65H,2,4,8,11-26,31-35H2,1,3H3,(H,56,66)(H,68,69)(H,70,71)(H,72,73)/t36-/m0/s1. The number of carboxylic acids is 3. The van der Waals surface area contributed by atoms with Gasteiger partial charge in [-0.25, -0.2) is 9.18 Å². The molecule has 0 saturated carbocycles. The fraction of sp³-hybridized carbons (Fsp3) is 0.491. The second-order valence-corrected chi connectivity index (χ2v) is 19.2. The molecule has 2 fully saturated rings. The predicted octanol–water partition coefficient (Wildman–Crippen LogP) is 2.73. The molecule has 2 amide bonds. The molecule has 0 spiro atoms. The summed E-state index contributed by atoms with van der Waals surface area (Å²) in [6.07, 6.45) is 2.75. The van der Waals surface area contributed by atoms with E-state index in [9.17, 15) is 49.2 Å². The summed E-state index contributed by atoms with van der Waals surface area (Å²) >= 11 is 6.97. The molecule has 0 radical (unpaired) electrons. The number of aliphatic carboxylic acids is 3. The average molecular weight is 1090 g/mol. The molecule has 2 aliphatic rings. The molecule has 3 heterocycles. The van der Waals surface area contributed by atoms with Crippen LogP contribution in [-0.2, 0) is 39.9 Å². The number of aromatic hydroxyl groups is 1. The van der Waals surface area contributed by atoms with Gasteiger partial charge in [0.2, 0.25) is 11.8 Å². The van der Waals surface area contributed by atoms with E-state index in [2.05, 4.69) is 16.9 Å². The number of amides is 2. The van der Waals surface area contributed by atoms with E-state index < -0.39 is 35.2 Å². The average Bonchev–Trinajstić information content (AvgIpc) is 3.40. The molecule has 0 aliphatic carbocycles. The molecule has 3 aromatic carbocycles. The summed E-state index contributed by atoms with van der Waals surface area (Å²) in [5.74, 6) is -4.53. The number of carbonyl (C=O) groups is 5. The normalized spacial score (nSPS) is 16.6. The van der Waals surface area contributed by atoms with E-state index in [1.54, 1.807) is 31.7 Å². The van der Waals surface area contributed by atoms with Crippen molar-refractivity contribution in [3.63, 3.8) is 0 Å². The van der Waals surface area contributed by atoms with E-state index >= 15 is 4.39 Å². The van der Waals surface area contributed by atoms with Gasteiger partial charge in [0.25, 0.3) is 0 Å². The van der Waals surface area contributed by atoms with Crippen LogP contribution in [0.3, 0.4) is 0 Å². The van der Waals surface area contributed by atoms with Crippen LogP contribution in [0.15, 0.2) is 66.0 Å². The lowest BCUT2D eigenvalue weighted by molar-refractivity contribution is -0.140. The Morgan fingerprint density at radius 1 is 0.792 bits per heavy atom. The number of carboxylic acid groups (broad SMARTS) is 3. The fourth-order valence-corrected chi connectivity index (χ4v) is 9.71. The molecule has 0 bridgehead atoms. The third kappa shape index (κ3) is 17.1. The van der Waals surface area contributed by atoms with E-state index in [4.69, 9.17) is 25.8 Å². The number of anilines is 1. The van der Waals surface area contributed by atoms with Crippen molar-refractivity contribution < 1.29 is 63.0 Å². The van der Waals surface area contributed by atoms with Crippen LogP contribution in [0.1, 0.15) is 25.8 Å². The van der Waals surface area contributed by atoms with Crippen molar-refractivity contribution >= 4 is 58.0 Å². The van der Waals surface area contributed by atoms with Crippen LogP contribution in [0.5, 0.6) is 11.5 Å². The first-order valence-electron chi connectivity index (χ1n) is 25.6. The maximum Gasteiger partial charge on any atom is 0.354 e. The minimum atomic E-state index is -1.05. The molecule has 0 unspecified atom stereocenters. The number of fused-ring (bicyclic) bond motifs is 1. The zero-order valence-corrected chi connectivity index (χ0v) is 44.3. The summed E-state index contributed by atoms with van der Waals surface area (Å²) in [7, 11) is 0. The van der Waals surface area contributed by atoms with Gasteiger partial charge in [0.05, 0.1) is 69.4 Å². The zero-order chi connectivity index (χ0) is 55.6. The Kier molecular flexibility index (Phi) is 22.5. The van der Waals surface area contributed by atoms with Crippen molar-refractivity contribution in [2.75, 3.05) is 143 Å². The molecule has 22 nitrogen and oxygen atoms in total. The number of carbonyl (C=O) groups excluding carboxylic acids is 2. The van der Waals surface area contributed by atoms with Gasteiger partial charge in [-0.15, -0.1) is 0 Å². The monoisotopic (exact) mass is 1090 g/mol. The van der Waals surface area contributed by atoms with Gasteiger partial charge in [-0.2, -0.15) is 4.98 Å². The fourth-order valence-electron chi connectivity index (χ4n) is 9.45. The third-order valence-electron chi connectivity index (χ3n) is 13.2. The number of ether oxygens (including phenoxy) is 3. The number of nitrogens with one attached hydrogen (secondary N) is 1. The van der Waals surface area contributed by atoms with Gasteiger partial charge in [-0.1, -0.05) is 49.7 Å². The molecule has 4 aromatic rings. The van der Waals surface area contributed by atoms with Crippen LogP contribution in [0.4, 0.5) is 10.2 Å². The van der Waals surface area contributed by atoms with Gasteiger partial charge in [0.15, 0.2) is 0 Å². The quantitative estimate of drug-likeness (QED) is 0.0499. The lowest BCUT2D eigenvalue weighted by Gasteiger charge is -2.40. The van der Waals surface area contributed by atoms with Crippen molar-refractivity contribution in [3.05, 3.63) is 88.1 Å². The number of benzene rings is 3. The molecule has 77 heavy (non-hydrogen) atoms. The number of aromatic nitrogens is 2. The minimum absolute atomic E-state index is 0.000469.